The van der Waals surface area contributed by atoms with Crippen LogP contribution in [0.4, 0.5) is 0 Å². The summed E-state index contributed by atoms with van der Waals surface area (Å²) in [5.74, 6) is -0.864. The number of ether oxygens (including phenoxy) is 3. The lowest BCUT2D eigenvalue weighted by atomic mass is 10.1. The molecule has 0 N–H and O–H groups in total. The van der Waals surface area contributed by atoms with Crippen molar-refractivity contribution < 1.29 is 23.8 Å². The largest absolute Gasteiger partial charge is 0.496 e. The van der Waals surface area contributed by atoms with Crippen molar-refractivity contribution in [2.24, 2.45) is 0 Å². The van der Waals surface area contributed by atoms with Gasteiger partial charge < -0.3 is 18.8 Å². The van der Waals surface area contributed by atoms with Crippen LogP contribution in [-0.4, -0.2) is 43.8 Å². The molecule has 7 nitrogen and oxygen atoms in total. The van der Waals surface area contributed by atoms with E-state index in [1.807, 2.05) is 30.6 Å². The van der Waals surface area contributed by atoms with Crippen LogP contribution >= 0.6 is 0 Å². The molecule has 7 heteroatoms. The fourth-order valence-corrected chi connectivity index (χ4v) is 2.95. The van der Waals surface area contributed by atoms with Gasteiger partial charge in [0.05, 0.1) is 19.3 Å². The Bertz CT molecular complexity index is 966. The molecule has 2 rings (SSSR count). The van der Waals surface area contributed by atoms with Gasteiger partial charge in [-0.15, -0.1) is 0 Å². The second kappa shape index (κ2) is 10.2. The van der Waals surface area contributed by atoms with Crippen molar-refractivity contribution in [2.75, 3.05) is 27.4 Å². The number of rotatable bonds is 9. The molecule has 0 saturated carbocycles. The summed E-state index contributed by atoms with van der Waals surface area (Å²) in [5, 5.41) is 9.38. The van der Waals surface area contributed by atoms with E-state index < -0.39 is 18.4 Å². The van der Waals surface area contributed by atoms with Crippen LogP contribution in [-0.2, 0) is 20.8 Å². The zero-order valence-corrected chi connectivity index (χ0v) is 17.0. The molecule has 1 aromatic carbocycles. The van der Waals surface area contributed by atoms with Crippen LogP contribution in [0.1, 0.15) is 27.3 Å². The molecule has 1 aromatic heterocycles. The van der Waals surface area contributed by atoms with Gasteiger partial charge in [0.1, 0.15) is 17.4 Å². The SMILES string of the molecule is COCCn1c(C)cc(/C=C(/C#N)C(=O)OCC(=O)c2ccccc2OC)c1C. The van der Waals surface area contributed by atoms with Crippen LogP contribution in [0.3, 0.4) is 0 Å². The van der Waals surface area contributed by atoms with Crippen molar-refractivity contribution in [1.82, 2.24) is 4.57 Å². The van der Waals surface area contributed by atoms with Crippen LogP contribution < -0.4 is 4.74 Å². The van der Waals surface area contributed by atoms with Gasteiger partial charge in [0, 0.05) is 25.0 Å². The zero-order valence-electron chi connectivity index (χ0n) is 17.0. The summed E-state index contributed by atoms with van der Waals surface area (Å²) in [6.07, 6.45) is 1.47. The number of esters is 1. The molecule has 0 bridgehead atoms. The van der Waals surface area contributed by atoms with E-state index in [1.54, 1.807) is 31.4 Å². The van der Waals surface area contributed by atoms with Gasteiger partial charge in [0.25, 0.3) is 0 Å². The number of carbonyl (C=O) groups is 2. The number of ketones is 1. The third-order valence-corrected chi connectivity index (χ3v) is 4.51. The Labute approximate surface area is 170 Å². The van der Waals surface area contributed by atoms with Crippen LogP contribution in [0, 0.1) is 25.2 Å². The van der Waals surface area contributed by atoms with E-state index in [0.29, 0.717) is 24.5 Å². The molecule has 152 valence electrons. The second-order valence-corrected chi connectivity index (χ2v) is 6.34. The first kappa shape index (κ1) is 21.9. The van der Waals surface area contributed by atoms with Gasteiger partial charge in [0.2, 0.25) is 5.78 Å². The summed E-state index contributed by atoms with van der Waals surface area (Å²) in [7, 11) is 3.09. The van der Waals surface area contributed by atoms with E-state index in [0.717, 1.165) is 17.0 Å². The number of Topliss-reactive ketones (excluding diaryl/α,β-unsaturated/α-hetero) is 1. The summed E-state index contributed by atoms with van der Waals surface area (Å²) in [6.45, 7) is 4.58. The predicted octanol–water partition coefficient (Wildman–Crippen LogP) is 3.09. The number of carbonyl (C=O) groups excluding carboxylic acids is 2. The third-order valence-electron chi connectivity index (χ3n) is 4.51. The maximum absolute atomic E-state index is 12.3. The summed E-state index contributed by atoms with van der Waals surface area (Å²) < 4.78 is 17.4. The highest BCUT2D eigenvalue weighted by Crippen LogP contribution is 2.20. The predicted molar refractivity (Wildman–Crippen MR) is 108 cm³/mol. The fourth-order valence-electron chi connectivity index (χ4n) is 2.95. The maximum atomic E-state index is 12.3. The van der Waals surface area contributed by atoms with Crippen molar-refractivity contribution >= 4 is 17.8 Å². The summed E-state index contributed by atoms with van der Waals surface area (Å²) >= 11 is 0. The highest BCUT2D eigenvalue weighted by atomic mass is 16.5. The Morgan fingerprint density at radius 3 is 2.59 bits per heavy atom. The van der Waals surface area contributed by atoms with Crippen LogP contribution in [0.2, 0.25) is 0 Å². The molecule has 0 amide bonds. The lowest BCUT2D eigenvalue weighted by molar-refractivity contribution is -0.137. The molecular weight excluding hydrogens is 372 g/mol. The number of nitriles is 1. The molecule has 0 aliphatic rings. The lowest BCUT2D eigenvalue weighted by Crippen LogP contribution is -2.15. The standard InChI is InChI=1S/C22H24N2O5/c1-15-11-17(16(2)24(15)9-10-27-3)12-18(13-23)22(26)29-14-20(25)19-7-5-6-8-21(19)28-4/h5-8,11-12H,9-10,14H2,1-4H3/b18-12-. The Hall–Kier alpha value is -3.37. The van der Waals surface area contributed by atoms with Gasteiger partial charge in [-0.3, -0.25) is 4.79 Å². The van der Waals surface area contributed by atoms with Gasteiger partial charge in [-0.2, -0.15) is 5.26 Å². The van der Waals surface area contributed by atoms with E-state index in [9.17, 15) is 14.9 Å². The third kappa shape index (κ3) is 5.33. The van der Waals surface area contributed by atoms with E-state index in [-0.39, 0.29) is 5.57 Å². The number of methoxy groups -OCH3 is 2. The number of hydrogen-bond donors (Lipinski definition) is 0. The molecule has 29 heavy (non-hydrogen) atoms. The lowest BCUT2D eigenvalue weighted by Gasteiger charge is -2.08. The second-order valence-electron chi connectivity index (χ2n) is 6.34. The van der Waals surface area contributed by atoms with E-state index in [1.165, 1.54) is 13.2 Å². The zero-order chi connectivity index (χ0) is 21.4. The maximum Gasteiger partial charge on any atom is 0.349 e. The first-order valence-corrected chi connectivity index (χ1v) is 9.03. The molecule has 1 heterocycles. The number of aryl methyl sites for hydroxylation is 1. The number of benzene rings is 1. The molecule has 0 fully saturated rings. The molecule has 0 aliphatic carbocycles. The smallest absolute Gasteiger partial charge is 0.349 e. The molecule has 0 radical (unpaired) electrons. The van der Waals surface area contributed by atoms with Gasteiger partial charge in [-0.1, -0.05) is 12.1 Å². The molecule has 2 aromatic rings. The van der Waals surface area contributed by atoms with E-state index in [4.69, 9.17) is 14.2 Å². The number of aromatic nitrogens is 1. The molecule has 0 unspecified atom stereocenters. The summed E-state index contributed by atoms with van der Waals surface area (Å²) in [6, 6.07) is 10.4. The Morgan fingerprint density at radius 2 is 1.93 bits per heavy atom. The summed E-state index contributed by atoms with van der Waals surface area (Å²) in [5.41, 5.74) is 2.77. The minimum Gasteiger partial charge on any atom is -0.496 e. The molecule has 0 aliphatic heterocycles. The Balaban J connectivity index is 2.13. The van der Waals surface area contributed by atoms with E-state index >= 15 is 0 Å². The average Bonchev–Trinajstić information content (AvgIpc) is 3.00. The highest BCUT2D eigenvalue weighted by molar-refractivity contribution is 6.03. The number of para-hydroxylation sites is 1. The quantitative estimate of drug-likeness (QED) is 0.280. The molecule has 0 atom stereocenters. The molecule has 0 spiro atoms. The monoisotopic (exact) mass is 396 g/mol. The Kier molecular flexibility index (Phi) is 7.75. The van der Waals surface area contributed by atoms with Gasteiger partial charge in [0.15, 0.2) is 6.61 Å². The fraction of sp³-hybridized carbons (Fsp3) is 0.318. The van der Waals surface area contributed by atoms with Gasteiger partial charge in [-0.05, 0) is 43.7 Å². The number of hydrogen-bond acceptors (Lipinski definition) is 6. The van der Waals surface area contributed by atoms with Crippen LogP contribution in [0.5, 0.6) is 5.75 Å². The minimum absolute atomic E-state index is 0.176. The van der Waals surface area contributed by atoms with Crippen LogP contribution in [0.15, 0.2) is 35.9 Å². The first-order valence-electron chi connectivity index (χ1n) is 9.03. The summed E-state index contributed by atoms with van der Waals surface area (Å²) in [4.78, 5) is 24.6. The highest BCUT2D eigenvalue weighted by Gasteiger charge is 2.18. The van der Waals surface area contributed by atoms with Crippen molar-refractivity contribution in [3.8, 4) is 11.8 Å². The average molecular weight is 396 g/mol. The molecule has 0 saturated heterocycles. The van der Waals surface area contributed by atoms with Crippen molar-refractivity contribution in [2.45, 2.75) is 20.4 Å². The number of nitrogens with zero attached hydrogens (tertiary/aromatic N) is 2. The molecular formula is C22H24N2O5. The topological polar surface area (TPSA) is 90.5 Å². The Morgan fingerprint density at radius 1 is 1.21 bits per heavy atom. The first-order chi connectivity index (χ1) is 13.9. The normalized spacial score (nSPS) is 11.1. The van der Waals surface area contributed by atoms with Crippen molar-refractivity contribution in [3.63, 3.8) is 0 Å². The minimum atomic E-state index is -0.850. The van der Waals surface area contributed by atoms with E-state index in [2.05, 4.69) is 0 Å². The van der Waals surface area contributed by atoms with Gasteiger partial charge in [-0.25, -0.2) is 4.79 Å². The van der Waals surface area contributed by atoms with Gasteiger partial charge >= 0.3 is 5.97 Å². The van der Waals surface area contributed by atoms with Crippen LogP contribution in [0.25, 0.3) is 6.08 Å². The van der Waals surface area contributed by atoms with Crippen molar-refractivity contribution in [3.05, 3.63) is 58.4 Å². The van der Waals surface area contributed by atoms with Crippen molar-refractivity contribution in [1.29, 1.82) is 5.26 Å².